The van der Waals surface area contributed by atoms with Gasteiger partial charge in [-0.25, -0.2) is 0 Å². The van der Waals surface area contributed by atoms with Gasteiger partial charge in [-0.15, -0.1) is 0 Å². The molecule has 2 unspecified atom stereocenters. The van der Waals surface area contributed by atoms with E-state index in [1.54, 1.807) is 6.92 Å². The van der Waals surface area contributed by atoms with Crippen molar-refractivity contribution in [3.05, 3.63) is 35.9 Å². The highest BCUT2D eigenvalue weighted by Crippen LogP contribution is 2.26. The van der Waals surface area contributed by atoms with Crippen LogP contribution in [0.15, 0.2) is 30.3 Å². The van der Waals surface area contributed by atoms with Crippen molar-refractivity contribution in [3.63, 3.8) is 0 Å². The number of amides is 6. The van der Waals surface area contributed by atoms with Gasteiger partial charge < -0.3 is 21.3 Å². The van der Waals surface area contributed by atoms with Crippen LogP contribution in [0.5, 0.6) is 0 Å². The molecule has 1 aliphatic rings. The zero-order valence-corrected chi connectivity index (χ0v) is 24.7. The van der Waals surface area contributed by atoms with Crippen molar-refractivity contribution in [3.8, 4) is 0 Å². The van der Waals surface area contributed by atoms with Gasteiger partial charge in [0.05, 0.1) is 19.6 Å². The van der Waals surface area contributed by atoms with Crippen molar-refractivity contribution in [2.75, 3.05) is 26.2 Å². The van der Waals surface area contributed by atoms with Crippen molar-refractivity contribution in [1.82, 2.24) is 26.2 Å². The van der Waals surface area contributed by atoms with E-state index in [1.807, 2.05) is 44.2 Å². The summed E-state index contributed by atoms with van der Waals surface area (Å²) in [4.78, 5) is 86.7. The number of hydrogen-bond donors (Lipinski definition) is 4. The van der Waals surface area contributed by atoms with Gasteiger partial charge in [0.15, 0.2) is 5.78 Å². The third-order valence-electron chi connectivity index (χ3n) is 7.05. The molecule has 0 aliphatic carbocycles. The van der Waals surface area contributed by atoms with Gasteiger partial charge in [-0.05, 0) is 24.3 Å². The quantitative estimate of drug-likeness (QED) is 0.145. The molecule has 0 radical (unpaired) electrons. The second kappa shape index (κ2) is 17.7. The summed E-state index contributed by atoms with van der Waals surface area (Å²) in [6.07, 6.45) is 2.70. The summed E-state index contributed by atoms with van der Waals surface area (Å²) >= 11 is 0. The van der Waals surface area contributed by atoms with Crippen LogP contribution in [0.1, 0.15) is 64.9 Å². The number of carbonyl (C=O) groups is 7. The average Bonchev–Trinajstić information content (AvgIpc) is 3.26. The number of benzene rings is 1. The van der Waals surface area contributed by atoms with E-state index in [0.717, 1.165) is 5.56 Å². The standard InChI is InChI=1S/C30H43N5O7/c1-4-22(36)17-33-29(41)24(15-21-11-7-5-8-12-21)34-27(39)19-32-26(38)18-31-25(37)13-9-6-10-14-35-28(40)16-23(20(2)3)30(35)42/h5,7-8,11-12,20,23-24H,4,6,9-10,13-19H2,1-3H3,(H,31,37)(H,32,38)(H,33,41)(H,34,39). The van der Waals surface area contributed by atoms with Crippen LogP contribution in [0.4, 0.5) is 0 Å². The van der Waals surface area contributed by atoms with Crippen LogP contribution in [-0.2, 0) is 40.0 Å². The summed E-state index contributed by atoms with van der Waals surface area (Å²) in [6.45, 7) is 5.04. The summed E-state index contributed by atoms with van der Waals surface area (Å²) in [5.41, 5.74) is 0.810. The number of imide groups is 1. The molecule has 0 aromatic heterocycles. The zero-order valence-electron chi connectivity index (χ0n) is 24.7. The molecule has 1 heterocycles. The monoisotopic (exact) mass is 585 g/mol. The second-order valence-corrected chi connectivity index (χ2v) is 10.7. The minimum Gasteiger partial charge on any atom is -0.347 e. The Hall–Kier alpha value is -4.09. The maximum Gasteiger partial charge on any atom is 0.243 e. The molecule has 1 aromatic carbocycles. The molecule has 0 bridgehead atoms. The molecule has 12 nitrogen and oxygen atoms in total. The average molecular weight is 586 g/mol. The maximum absolute atomic E-state index is 12.6. The van der Waals surface area contributed by atoms with Crippen LogP contribution in [0.3, 0.4) is 0 Å². The lowest BCUT2D eigenvalue weighted by Crippen LogP contribution is -2.51. The fraction of sp³-hybridized carbons (Fsp3) is 0.567. The second-order valence-electron chi connectivity index (χ2n) is 10.7. The Kier molecular flexibility index (Phi) is 14.3. The van der Waals surface area contributed by atoms with E-state index in [4.69, 9.17) is 0 Å². The number of likely N-dealkylation sites (tertiary alicyclic amines) is 1. The molecule has 12 heteroatoms. The Morgan fingerprint density at radius 1 is 0.857 bits per heavy atom. The molecule has 1 aromatic rings. The first-order chi connectivity index (χ1) is 20.0. The summed E-state index contributed by atoms with van der Waals surface area (Å²) in [5, 5.41) is 10.0. The van der Waals surface area contributed by atoms with Gasteiger partial charge in [0.25, 0.3) is 0 Å². The summed E-state index contributed by atoms with van der Waals surface area (Å²) in [5.74, 6) is -2.54. The van der Waals surface area contributed by atoms with Crippen molar-refractivity contribution in [1.29, 1.82) is 0 Å². The number of nitrogens with zero attached hydrogens (tertiary/aromatic N) is 1. The van der Waals surface area contributed by atoms with E-state index in [1.165, 1.54) is 4.90 Å². The third kappa shape index (κ3) is 11.8. The lowest BCUT2D eigenvalue weighted by atomic mass is 9.94. The molecule has 1 aliphatic heterocycles. The fourth-order valence-corrected chi connectivity index (χ4v) is 4.44. The van der Waals surface area contributed by atoms with E-state index in [9.17, 15) is 33.6 Å². The predicted molar refractivity (Wildman–Crippen MR) is 155 cm³/mol. The Bertz CT molecular complexity index is 1120. The fourth-order valence-electron chi connectivity index (χ4n) is 4.44. The molecule has 0 spiro atoms. The van der Waals surface area contributed by atoms with E-state index in [-0.39, 0.29) is 74.1 Å². The molecule has 4 N–H and O–H groups in total. The number of hydrogen-bond acceptors (Lipinski definition) is 7. The Balaban J connectivity index is 1.67. The largest absolute Gasteiger partial charge is 0.347 e. The van der Waals surface area contributed by atoms with Gasteiger partial charge in [0.1, 0.15) is 6.04 Å². The molecule has 2 rings (SSSR count). The first-order valence-corrected chi connectivity index (χ1v) is 14.5. The number of rotatable bonds is 18. The smallest absolute Gasteiger partial charge is 0.243 e. The molecule has 230 valence electrons. The van der Waals surface area contributed by atoms with Gasteiger partial charge >= 0.3 is 0 Å². The summed E-state index contributed by atoms with van der Waals surface area (Å²) in [6, 6.07) is 8.12. The van der Waals surface area contributed by atoms with Crippen molar-refractivity contribution in [2.45, 2.75) is 71.8 Å². The Morgan fingerprint density at radius 3 is 2.17 bits per heavy atom. The topological polar surface area (TPSA) is 171 Å². The van der Waals surface area contributed by atoms with Crippen molar-refractivity contribution >= 4 is 41.2 Å². The molecular weight excluding hydrogens is 542 g/mol. The number of unbranched alkanes of at least 4 members (excludes halogenated alkanes) is 2. The third-order valence-corrected chi connectivity index (χ3v) is 7.05. The van der Waals surface area contributed by atoms with Crippen LogP contribution in [-0.4, -0.2) is 78.3 Å². The van der Waals surface area contributed by atoms with Crippen LogP contribution < -0.4 is 21.3 Å². The first-order valence-electron chi connectivity index (χ1n) is 14.5. The van der Waals surface area contributed by atoms with Crippen LogP contribution in [0.2, 0.25) is 0 Å². The highest BCUT2D eigenvalue weighted by molar-refractivity contribution is 6.03. The Morgan fingerprint density at radius 2 is 1.52 bits per heavy atom. The summed E-state index contributed by atoms with van der Waals surface area (Å²) in [7, 11) is 0. The van der Waals surface area contributed by atoms with E-state index in [2.05, 4.69) is 21.3 Å². The lowest BCUT2D eigenvalue weighted by Gasteiger charge is -2.19. The predicted octanol–water partition coefficient (Wildman–Crippen LogP) is 0.633. The van der Waals surface area contributed by atoms with E-state index in [0.29, 0.717) is 25.8 Å². The minimum absolute atomic E-state index is 0.119. The van der Waals surface area contributed by atoms with Crippen molar-refractivity contribution in [2.24, 2.45) is 11.8 Å². The van der Waals surface area contributed by atoms with Crippen molar-refractivity contribution < 1.29 is 33.6 Å². The molecule has 1 fully saturated rings. The summed E-state index contributed by atoms with van der Waals surface area (Å²) < 4.78 is 0. The zero-order chi connectivity index (χ0) is 31.1. The molecule has 6 amide bonds. The van der Waals surface area contributed by atoms with E-state index < -0.39 is 30.3 Å². The van der Waals surface area contributed by atoms with Gasteiger partial charge in [0.2, 0.25) is 35.4 Å². The number of carbonyl (C=O) groups excluding carboxylic acids is 7. The highest BCUT2D eigenvalue weighted by Gasteiger charge is 2.39. The first kappa shape index (κ1) is 34.1. The molecule has 1 saturated heterocycles. The molecule has 42 heavy (non-hydrogen) atoms. The van der Waals surface area contributed by atoms with Crippen LogP contribution in [0, 0.1) is 11.8 Å². The van der Waals surface area contributed by atoms with Crippen LogP contribution >= 0.6 is 0 Å². The minimum atomic E-state index is -0.945. The highest BCUT2D eigenvalue weighted by atomic mass is 16.2. The lowest BCUT2D eigenvalue weighted by molar-refractivity contribution is -0.140. The van der Waals surface area contributed by atoms with Crippen LogP contribution in [0.25, 0.3) is 0 Å². The van der Waals surface area contributed by atoms with Gasteiger partial charge in [-0.1, -0.05) is 57.5 Å². The SMILES string of the molecule is CCC(=O)CNC(=O)C(Cc1ccccc1)NC(=O)CNC(=O)CNC(=O)CCCCCN1C(=O)CC(C(C)C)C1=O. The number of nitrogens with one attached hydrogen (secondary N) is 4. The van der Waals surface area contributed by atoms with Gasteiger partial charge in [-0.3, -0.25) is 38.5 Å². The number of ketones is 1. The number of Topliss-reactive ketones (excluding diaryl/α,β-unsaturated/α-hetero) is 1. The molecule has 0 saturated carbocycles. The van der Waals surface area contributed by atoms with Gasteiger partial charge in [0, 0.05) is 38.1 Å². The Labute approximate surface area is 246 Å². The van der Waals surface area contributed by atoms with Gasteiger partial charge in [-0.2, -0.15) is 0 Å². The maximum atomic E-state index is 12.6. The normalized spacial score (nSPS) is 15.3. The molecular formula is C30H43N5O7. The molecule has 2 atom stereocenters. The van der Waals surface area contributed by atoms with E-state index >= 15 is 0 Å².